The fourth-order valence-corrected chi connectivity index (χ4v) is 2.13. The van der Waals surface area contributed by atoms with Crippen molar-refractivity contribution in [1.29, 1.82) is 0 Å². The molecule has 0 aliphatic carbocycles. The number of benzene rings is 1. The van der Waals surface area contributed by atoms with Crippen molar-refractivity contribution >= 4 is 16.9 Å². The molecule has 0 spiro atoms. The average molecular weight is 271 g/mol. The van der Waals surface area contributed by atoms with Crippen LogP contribution in [0.1, 0.15) is 16.2 Å². The summed E-state index contributed by atoms with van der Waals surface area (Å²) in [6.45, 7) is 0.450. The number of methoxy groups -OCH3 is 1. The molecular weight excluding hydrogens is 258 g/mol. The van der Waals surface area contributed by atoms with Crippen LogP contribution in [0.15, 0.2) is 30.5 Å². The van der Waals surface area contributed by atoms with Crippen LogP contribution in [-0.4, -0.2) is 37.9 Å². The predicted molar refractivity (Wildman–Crippen MR) is 71.2 cm³/mol. The van der Waals surface area contributed by atoms with Crippen molar-refractivity contribution in [1.82, 2.24) is 24.8 Å². The number of carbonyl (C=O) groups is 1. The first-order valence-electron chi connectivity index (χ1n) is 6.08. The Morgan fingerprint density at radius 2 is 2.15 bits per heavy atom. The van der Waals surface area contributed by atoms with Crippen molar-refractivity contribution in [3.63, 3.8) is 0 Å². The van der Waals surface area contributed by atoms with Gasteiger partial charge in [-0.15, -0.1) is 5.10 Å². The smallest absolute Gasteiger partial charge is 0.360 e. The van der Waals surface area contributed by atoms with Crippen LogP contribution in [0, 0.1) is 0 Å². The van der Waals surface area contributed by atoms with Gasteiger partial charge < -0.3 is 4.74 Å². The minimum atomic E-state index is -0.498. The minimum Gasteiger partial charge on any atom is -0.464 e. The van der Waals surface area contributed by atoms with Gasteiger partial charge in [0.1, 0.15) is 0 Å². The fraction of sp³-hybridized carbons (Fsp3) is 0.231. The first-order chi connectivity index (χ1) is 9.69. The van der Waals surface area contributed by atoms with Gasteiger partial charge in [0.05, 0.1) is 31.1 Å². The Labute approximate surface area is 114 Å². The monoisotopic (exact) mass is 271 g/mol. The van der Waals surface area contributed by atoms with Crippen LogP contribution >= 0.6 is 0 Å². The third-order valence-electron chi connectivity index (χ3n) is 3.08. The SMILES string of the molecule is COC(=O)c1cn(Cc2nn(C)c3ccccc23)nn1. The number of aromatic nitrogens is 5. The molecule has 0 radical (unpaired) electrons. The second kappa shape index (κ2) is 4.76. The van der Waals surface area contributed by atoms with Crippen LogP contribution in [0.25, 0.3) is 10.9 Å². The molecule has 20 heavy (non-hydrogen) atoms. The Bertz CT molecular complexity index is 774. The molecule has 0 saturated carbocycles. The summed E-state index contributed by atoms with van der Waals surface area (Å²) >= 11 is 0. The number of fused-ring (bicyclic) bond motifs is 1. The highest BCUT2D eigenvalue weighted by atomic mass is 16.5. The average Bonchev–Trinajstić information content (AvgIpc) is 3.05. The summed E-state index contributed by atoms with van der Waals surface area (Å²) in [4.78, 5) is 11.3. The molecular formula is C13H13N5O2. The molecule has 2 heterocycles. The maximum atomic E-state index is 11.3. The molecule has 0 bridgehead atoms. The van der Waals surface area contributed by atoms with Gasteiger partial charge in [-0.1, -0.05) is 23.4 Å². The third-order valence-corrected chi connectivity index (χ3v) is 3.08. The highest BCUT2D eigenvalue weighted by Crippen LogP contribution is 2.18. The first-order valence-corrected chi connectivity index (χ1v) is 6.08. The van der Waals surface area contributed by atoms with E-state index in [0.717, 1.165) is 16.6 Å². The maximum Gasteiger partial charge on any atom is 0.360 e. The fourth-order valence-electron chi connectivity index (χ4n) is 2.13. The van der Waals surface area contributed by atoms with Crippen molar-refractivity contribution in [3.8, 4) is 0 Å². The number of hydrogen-bond acceptors (Lipinski definition) is 5. The van der Waals surface area contributed by atoms with E-state index in [2.05, 4.69) is 20.1 Å². The van der Waals surface area contributed by atoms with E-state index < -0.39 is 5.97 Å². The molecule has 102 valence electrons. The second-order valence-electron chi connectivity index (χ2n) is 4.38. The Morgan fingerprint density at radius 1 is 1.35 bits per heavy atom. The molecule has 0 N–H and O–H groups in total. The molecule has 0 saturated heterocycles. The second-order valence-corrected chi connectivity index (χ2v) is 4.38. The molecule has 3 aromatic rings. The summed E-state index contributed by atoms with van der Waals surface area (Å²) in [5.74, 6) is -0.498. The van der Waals surface area contributed by atoms with E-state index in [1.54, 1.807) is 10.9 Å². The Kier molecular flexibility index (Phi) is 2.94. The topological polar surface area (TPSA) is 74.8 Å². The lowest BCUT2D eigenvalue weighted by Gasteiger charge is -1.96. The van der Waals surface area contributed by atoms with E-state index in [1.165, 1.54) is 7.11 Å². The molecule has 1 aromatic carbocycles. The number of rotatable bonds is 3. The number of para-hydroxylation sites is 1. The molecule has 7 heteroatoms. The molecule has 7 nitrogen and oxygen atoms in total. The van der Waals surface area contributed by atoms with Crippen molar-refractivity contribution < 1.29 is 9.53 Å². The van der Waals surface area contributed by atoms with Crippen LogP contribution in [0.5, 0.6) is 0 Å². The zero-order valence-corrected chi connectivity index (χ0v) is 11.1. The Hall–Kier alpha value is -2.70. The van der Waals surface area contributed by atoms with E-state index in [-0.39, 0.29) is 5.69 Å². The van der Waals surface area contributed by atoms with Gasteiger partial charge in [-0.25, -0.2) is 9.48 Å². The van der Waals surface area contributed by atoms with Gasteiger partial charge in [0.15, 0.2) is 5.69 Å². The number of esters is 1. The lowest BCUT2D eigenvalue weighted by Crippen LogP contribution is -2.03. The zero-order chi connectivity index (χ0) is 14.1. The summed E-state index contributed by atoms with van der Waals surface area (Å²) in [7, 11) is 3.21. The largest absolute Gasteiger partial charge is 0.464 e. The predicted octanol–water partition coefficient (Wildman–Crippen LogP) is 1.000. The number of nitrogens with zero attached hydrogens (tertiary/aromatic N) is 5. The van der Waals surface area contributed by atoms with Crippen LogP contribution in [0.3, 0.4) is 0 Å². The quantitative estimate of drug-likeness (QED) is 0.664. The lowest BCUT2D eigenvalue weighted by molar-refractivity contribution is 0.0594. The van der Waals surface area contributed by atoms with E-state index in [0.29, 0.717) is 6.54 Å². The molecule has 0 atom stereocenters. The highest BCUT2D eigenvalue weighted by molar-refractivity contribution is 5.86. The van der Waals surface area contributed by atoms with E-state index in [4.69, 9.17) is 0 Å². The minimum absolute atomic E-state index is 0.188. The van der Waals surface area contributed by atoms with Crippen LogP contribution in [0.4, 0.5) is 0 Å². The van der Waals surface area contributed by atoms with Gasteiger partial charge in [-0.3, -0.25) is 4.68 Å². The number of aryl methyl sites for hydroxylation is 1. The summed E-state index contributed by atoms with van der Waals surface area (Å²) in [5, 5.41) is 13.2. The number of carbonyl (C=O) groups excluding carboxylic acids is 1. The molecule has 0 amide bonds. The van der Waals surface area contributed by atoms with E-state index >= 15 is 0 Å². The summed E-state index contributed by atoms with van der Waals surface area (Å²) in [5.41, 5.74) is 2.12. The molecule has 3 rings (SSSR count). The van der Waals surface area contributed by atoms with E-state index in [9.17, 15) is 4.79 Å². The third kappa shape index (κ3) is 2.03. The van der Waals surface area contributed by atoms with Gasteiger partial charge in [0.25, 0.3) is 0 Å². The number of hydrogen-bond donors (Lipinski definition) is 0. The van der Waals surface area contributed by atoms with Crippen LogP contribution < -0.4 is 0 Å². The maximum absolute atomic E-state index is 11.3. The van der Waals surface area contributed by atoms with E-state index in [1.807, 2.05) is 36.0 Å². The lowest BCUT2D eigenvalue weighted by atomic mass is 10.2. The normalized spacial score (nSPS) is 10.9. The molecule has 0 unspecified atom stereocenters. The summed E-state index contributed by atoms with van der Waals surface area (Å²) in [6.07, 6.45) is 1.55. The molecule has 0 aliphatic rings. The van der Waals surface area contributed by atoms with Gasteiger partial charge in [0, 0.05) is 12.4 Å². The standard InChI is InChI=1S/C13H13N5O2/c1-17-12-6-4-3-5-9(12)10(15-17)7-18-8-11(14-16-18)13(19)20-2/h3-6,8H,7H2,1-2H3. The summed E-state index contributed by atoms with van der Waals surface area (Å²) < 4.78 is 7.99. The van der Waals surface area contributed by atoms with Crippen molar-refractivity contribution in [2.45, 2.75) is 6.54 Å². The van der Waals surface area contributed by atoms with Crippen molar-refractivity contribution in [2.75, 3.05) is 7.11 Å². The molecule has 2 aromatic heterocycles. The van der Waals surface area contributed by atoms with Gasteiger partial charge in [-0.2, -0.15) is 5.10 Å². The zero-order valence-electron chi connectivity index (χ0n) is 11.1. The number of ether oxygens (including phenoxy) is 1. The molecule has 0 fully saturated rings. The highest BCUT2D eigenvalue weighted by Gasteiger charge is 2.13. The van der Waals surface area contributed by atoms with Crippen LogP contribution in [0.2, 0.25) is 0 Å². The first kappa shape index (κ1) is 12.3. The van der Waals surface area contributed by atoms with Gasteiger partial charge in [0.2, 0.25) is 0 Å². The van der Waals surface area contributed by atoms with Crippen LogP contribution in [-0.2, 0) is 18.3 Å². The Morgan fingerprint density at radius 3 is 2.95 bits per heavy atom. The summed E-state index contributed by atoms with van der Waals surface area (Å²) in [6, 6.07) is 7.95. The van der Waals surface area contributed by atoms with Gasteiger partial charge in [-0.05, 0) is 6.07 Å². The van der Waals surface area contributed by atoms with Crippen molar-refractivity contribution in [3.05, 3.63) is 41.9 Å². The van der Waals surface area contributed by atoms with Gasteiger partial charge >= 0.3 is 5.97 Å². The Balaban J connectivity index is 1.93. The molecule has 0 aliphatic heterocycles. The van der Waals surface area contributed by atoms with Crippen molar-refractivity contribution in [2.24, 2.45) is 7.05 Å².